The molecule has 0 aliphatic carbocycles. The lowest BCUT2D eigenvalue weighted by molar-refractivity contribution is 0.252. The van der Waals surface area contributed by atoms with E-state index in [-0.39, 0.29) is 23.3 Å². The minimum atomic E-state index is -0.411. The van der Waals surface area contributed by atoms with Crippen LogP contribution >= 0.6 is 0 Å². The lowest BCUT2D eigenvalue weighted by atomic mass is 9.83. The van der Waals surface area contributed by atoms with Crippen LogP contribution in [0.4, 0.5) is 20.7 Å². The van der Waals surface area contributed by atoms with Gasteiger partial charge < -0.3 is 4.74 Å². The summed E-state index contributed by atoms with van der Waals surface area (Å²) in [4.78, 5) is 19.5. The molecule has 2 amide bonds. The topological polar surface area (TPSA) is 71.7 Å². The van der Waals surface area contributed by atoms with Crippen LogP contribution in [0, 0.1) is 5.82 Å². The summed E-state index contributed by atoms with van der Waals surface area (Å²) in [5.74, 6) is 1.46. The molecule has 3 heterocycles. The number of fused-ring (bicyclic) bond motifs is 2. The smallest absolute Gasteiger partial charge is 0.328 e. The maximum atomic E-state index is 13.6. The highest BCUT2D eigenvalue weighted by Crippen LogP contribution is 2.45. The summed E-state index contributed by atoms with van der Waals surface area (Å²) >= 11 is 0. The van der Waals surface area contributed by atoms with Crippen LogP contribution in [0.2, 0.25) is 0 Å². The second-order valence-corrected chi connectivity index (χ2v) is 8.98. The van der Waals surface area contributed by atoms with Gasteiger partial charge >= 0.3 is 6.03 Å². The third-order valence-electron chi connectivity index (χ3n) is 5.88. The lowest BCUT2D eigenvalue weighted by Gasteiger charge is -2.33. The fraction of sp³-hybridized carbons (Fsp3) is 0.292. The zero-order valence-electron chi connectivity index (χ0n) is 18.3. The molecule has 32 heavy (non-hydrogen) atoms. The number of carbonyl (C=O) groups is 1. The first-order chi connectivity index (χ1) is 15.3. The number of amides is 2. The first kappa shape index (κ1) is 20.2. The van der Waals surface area contributed by atoms with Crippen LogP contribution in [-0.2, 0) is 5.54 Å². The molecular formula is C24H24FN5O2. The van der Waals surface area contributed by atoms with E-state index < -0.39 is 6.04 Å². The number of carbonyl (C=O) groups excluding carboxylic acids is 1. The molecule has 0 bridgehead atoms. The number of amidine groups is 1. The zero-order valence-corrected chi connectivity index (χ0v) is 18.3. The highest BCUT2D eigenvalue weighted by molar-refractivity contribution is 6.18. The number of benzene rings is 2. The van der Waals surface area contributed by atoms with Crippen LogP contribution in [0.5, 0.6) is 5.75 Å². The number of hydrogen-bond donors (Lipinski definition) is 1. The number of nitrogens with one attached hydrogen (secondary N) is 1. The van der Waals surface area contributed by atoms with Crippen LogP contribution in [0.15, 0.2) is 59.7 Å². The molecule has 7 nitrogen and oxygen atoms in total. The summed E-state index contributed by atoms with van der Waals surface area (Å²) in [6.45, 7) is 6.19. The highest BCUT2D eigenvalue weighted by atomic mass is 19.1. The summed E-state index contributed by atoms with van der Waals surface area (Å²) in [5, 5.41) is 7.57. The highest BCUT2D eigenvalue weighted by Gasteiger charge is 2.48. The second-order valence-electron chi connectivity index (χ2n) is 8.98. The fourth-order valence-corrected chi connectivity index (χ4v) is 4.41. The third kappa shape index (κ3) is 3.14. The Kier molecular flexibility index (Phi) is 4.54. The molecule has 0 radical (unpaired) electrons. The van der Waals surface area contributed by atoms with E-state index in [0.717, 1.165) is 22.7 Å². The van der Waals surface area contributed by atoms with Crippen molar-refractivity contribution in [1.29, 1.82) is 0 Å². The Balaban J connectivity index is 1.70. The largest absolute Gasteiger partial charge is 0.497 e. The number of methoxy groups -OCH3 is 1. The Bertz CT molecular complexity index is 1210. The van der Waals surface area contributed by atoms with Gasteiger partial charge in [0.1, 0.15) is 23.4 Å². The van der Waals surface area contributed by atoms with Gasteiger partial charge in [0.15, 0.2) is 5.82 Å². The first-order valence-electron chi connectivity index (χ1n) is 10.4. The van der Waals surface area contributed by atoms with E-state index in [1.54, 1.807) is 24.1 Å². The van der Waals surface area contributed by atoms with Gasteiger partial charge in [-0.15, -0.1) is 0 Å². The van der Waals surface area contributed by atoms with E-state index in [9.17, 15) is 9.18 Å². The molecule has 1 fully saturated rings. The SMILES string of the molecule is COc1ccc([C@H]2c3cnn(C(C)(C)C)c3N=C3NC(=O)N(c4ccc(F)cc4)[C@@H]32)cc1. The van der Waals surface area contributed by atoms with Gasteiger partial charge in [-0.2, -0.15) is 5.10 Å². The van der Waals surface area contributed by atoms with Crippen LogP contribution in [-0.4, -0.2) is 34.8 Å². The molecule has 1 saturated heterocycles. The Morgan fingerprint density at radius 3 is 2.38 bits per heavy atom. The Labute approximate surface area is 185 Å². The molecule has 164 valence electrons. The van der Waals surface area contributed by atoms with E-state index in [4.69, 9.17) is 9.73 Å². The number of halogens is 1. The monoisotopic (exact) mass is 433 g/mol. The van der Waals surface area contributed by atoms with Crippen molar-refractivity contribution < 1.29 is 13.9 Å². The van der Waals surface area contributed by atoms with Crippen LogP contribution < -0.4 is 15.0 Å². The average molecular weight is 433 g/mol. The van der Waals surface area contributed by atoms with Crippen molar-refractivity contribution in [3.05, 3.63) is 71.7 Å². The first-order valence-corrected chi connectivity index (χ1v) is 10.4. The van der Waals surface area contributed by atoms with Gasteiger partial charge in [0, 0.05) is 17.2 Å². The van der Waals surface area contributed by atoms with E-state index in [1.807, 2.05) is 35.1 Å². The van der Waals surface area contributed by atoms with Gasteiger partial charge in [0.25, 0.3) is 0 Å². The lowest BCUT2D eigenvalue weighted by Crippen LogP contribution is -2.42. The van der Waals surface area contributed by atoms with E-state index in [2.05, 4.69) is 31.2 Å². The van der Waals surface area contributed by atoms with Gasteiger partial charge in [-0.25, -0.2) is 18.9 Å². The number of aromatic nitrogens is 2. The van der Waals surface area contributed by atoms with Gasteiger partial charge in [-0.1, -0.05) is 12.1 Å². The van der Waals surface area contributed by atoms with Crippen molar-refractivity contribution in [3.63, 3.8) is 0 Å². The van der Waals surface area contributed by atoms with Crippen molar-refractivity contribution in [3.8, 4) is 5.75 Å². The second kappa shape index (κ2) is 7.19. The predicted molar refractivity (Wildman–Crippen MR) is 120 cm³/mol. The summed E-state index contributed by atoms with van der Waals surface area (Å²) in [6, 6.07) is 13.0. The summed E-state index contributed by atoms with van der Waals surface area (Å²) in [5.41, 5.74) is 2.25. The number of hydrogen-bond acceptors (Lipinski definition) is 4. The molecule has 5 rings (SSSR count). The Hall–Kier alpha value is -3.68. The summed E-state index contributed by atoms with van der Waals surface area (Å²) in [7, 11) is 1.63. The molecule has 2 atom stereocenters. The van der Waals surface area contributed by atoms with Crippen LogP contribution in [0.3, 0.4) is 0 Å². The third-order valence-corrected chi connectivity index (χ3v) is 5.88. The Morgan fingerprint density at radius 2 is 1.75 bits per heavy atom. The van der Waals surface area contributed by atoms with Crippen molar-refractivity contribution >= 4 is 23.4 Å². The number of ether oxygens (including phenoxy) is 1. The van der Waals surface area contributed by atoms with Gasteiger partial charge in [0.2, 0.25) is 0 Å². The van der Waals surface area contributed by atoms with Crippen LogP contribution in [0.1, 0.15) is 37.8 Å². The maximum Gasteiger partial charge on any atom is 0.328 e. The molecule has 1 aromatic heterocycles. The number of aliphatic imine (C=N–C) groups is 1. The van der Waals surface area contributed by atoms with E-state index in [0.29, 0.717) is 11.5 Å². The molecule has 0 saturated carbocycles. The van der Waals surface area contributed by atoms with Crippen molar-refractivity contribution in [2.75, 3.05) is 12.0 Å². The quantitative estimate of drug-likeness (QED) is 0.658. The predicted octanol–water partition coefficient (Wildman–Crippen LogP) is 4.56. The number of anilines is 1. The summed E-state index contributed by atoms with van der Waals surface area (Å²) in [6.07, 6.45) is 1.83. The van der Waals surface area contributed by atoms with Crippen molar-refractivity contribution in [2.45, 2.75) is 38.3 Å². The normalized spacial score (nSPS) is 19.8. The molecule has 2 aromatic carbocycles. The molecular weight excluding hydrogens is 409 g/mol. The molecule has 8 heteroatoms. The van der Waals surface area contributed by atoms with Crippen LogP contribution in [0.25, 0.3) is 0 Å². The average Bonchev–Trinajstić information content (AvgIpc) is 3.33. The fourth-order valence-electron chi connectivity index (χ4n) is 4.41. The molecule has 2 aliphatic heterocycles. The van der Waals surface area contributed by atoms with Gasteiger partial charge in [-0.3, -0.25) is 10.2 Å². The van der Waals surface area contributed by atoms with Crippen molar-refractivity contribution in [2.24, 2.45) is 4.99 Å². The van der Waals surface area contributed by atoms with E-state index in [1.165, 1.54) is 12.1 Å². The van der Waals surface area contributed by atoms with E-state index >= 15 is 0 Å². The number of urea groups is 1. The number of rotatable bonds is 3. The minimum absolute atomic E-state index is 0.219. The van der Waals surface area contributed by atoms with Crippen molar-refractivity contribution in [1.82, 2.24) is 15.1 Å². The molecule has 3 aromatic rings. The number of nitrogens with zero attached hydrogens (tertiary/aromatic N) is 4. The van der Waals surface area contributed by atoms with Gasteiger partial charge in [0.05, 0.1) is 18.8 Å². The molecule has 1 N–H and O–H groups in total. The Morgan fingerprint density at radius 1 is 1.06 bits per heavy atom. The molecule has 0 spiro atoms. The standard InChI is InChI=1S/C24H24FN5O2/c1-24(2,3)30-22-18(13-26-30)19(14-5-11-17(32-4)12-6-14)20-21(27-22)28-23(31)29(20)16-9-7-15(25)8-10-16/h5-13,19-20H,1-4H3,(H,27,28,31)/t19-,20+/m0/s1. The molecule has 0 unspecified atom stereocenters. The zero-order chi connectivity index (χ0) is 22.6. The molecule has 2 aliphatic rings. The maximum absolute atomic E-state index is 13.6. The minimum Gasteiger partial charge on any atom is -0.497 e. The van der Waals surface area contributed by atoms with Gasteiger partial charge in [-0.05, 0) is 62.7 Å². The summed E-state index contributed by atoms with van der Waals surface area (Å²) < 4.78 is 20.8.